The summed E-state index contributed by atoms with van der Waals surface area (Å²) in [5.74, 6) is 2.62. The zero-order chi connectivity index (χ0) is 27.9. The van der Waals surface area contributed by atoms with Gasteiger partial charge in [0.05, 0.1) is 0 Å². The Morgan fingerprint density at radius 3 is 2.10 bits per heavy atom. The quantitative estimate of drug-likeness (QED) is 0.258. The predicted molar refractivity (Wildman–Crippen MR) is 168 cm³/mol. The standard InChI is InChI=1S/C37H38N2O2/c1-25-6-4-8-34(16-25)38-21-32-19-30(14-15-36(32)40-23-38)28-10-12-29(13-11-28)31-18-27(3)37-33(20-31)22-39(24-41-37)35-9-5-7-26(2)17-35/h4-9,12,14-20,28H,10-11,13,21-24H2,1-3H3. The Balaban J connectivity index is 1.07. The number of hydrogen-bond donors (Lipinski definition) is 0. The van der Waals surface area contributed by atoms with Crippen molar-refractivity contribution in [3.8, 4) is 11.5 Å². The van der Waals surface area contributed by atoms with E-state index in [9.17, 15) is 0 Å². The Morgan fingerprint density at radius 2 is 1.41 bits per heavy atom. The monoisotopic (exact) mass is 542 g/mol. The molecule has 4 aromatic carbocycles. The number of hydrogen-bond acceptors (Lipinski definition) is 4. The molecule has 41 heavy (non-hydrogen) atoms. The molecule has 4 aromatic rings. The molecule has 7 rings (SSSR count). The van der Waals surface area contributed by atoms with Gasteiger partial charge in [0.1, 0.15) is 11.5 Å². The van der Waals surface area contributed by atoms with Crippen LogP contribution in [0, 0.1) is 20.8 Å². The summed E-state index contributed by atoms with van der Waals surface area (Å²) >= 11 is 0. The lowest BCUT2D eigenvalue weighted by Gasteiger charge is -2.33. The Morgan fingerprint density at radius 1 is 0.707 bits per heavy atom. The van der Waals surface area contributed by atoms with Gasteiger partial charge in [-0.3, -0.25) is 0 Å². The first-order valence-electron chi connectivity index (χ1n) is 14.8. The molecular weight excluding hydrogens is 504 g/mol. The lowest BCUT2D eigenvalue weighted by atomic mass is 9.81. The maximum atomic E-state index is 6.26. The number of benzene rings is 4. The van der Waals surface area contributed by atoms with E-state index in [2.05, 4.69) is 116 Å². The number of nitrogens with zero attached hydrogens (tertiary/aromatic N) is 2. The van der Waals surface area contributed by atoms with Crippen molar-refractivity contribution in [1.82, 2.24) is 0 Å². The van der Waals surface area contributed by atoms with Crippen LogP contribution in [0.25, 0.3) is 5.57 Å². The van der Waals surface area contributed by atoms with E-state index in [1.165, 1.54) is 55.9 Å². The number of ether oxygens (including phenoxy) is 2. The summed E-state index contributed by atoms with van der Waals surface area (Å²) in [6, 6.07) is 28.9. The highest BCUT2D eigenvalue weighted by Crippen LogP contribution is 2.41. The van der Waals surface area contributed by atoms with Crippen LogP contribution in [-0.2, 0) is 13.1 Å². The molecule has 0 N–H and O–H groups in total. The number of allylic oxidation sites excluding steroid dienone is 2. The summed E-state index contributed by atoms with van der Waals surface area (Å²) in [7, 11) is 0. The lowest BCUT2D eigenvalue weighted by molar-refractivity contribution is 0.287. The van der Waals surface area contributed by atoms with Gasteiger partial charge in [-0.25, -0.2) is 0 Å². The molecule has 2 aliphatic heterocycles. The van der Waals surface area contributed by atoms with Gasteiger partial charge >= 0.3 is 0 Å². The molecule has 0 amide bonds. The van der Waals surface area contributed by atoms with Crippen molar-refractivity contribution < 1.29 is 9.47 Å². The molecule has 0 saturated heterocycles. The third-order valence-electron chi connectivity index (χ3n) is 8.89. The fourth-order valence-electron chi connectivity index (χ4n) is 6.65. The highest BCUT2D eigenvalue weighted by atomic mass is 16.5. The normalized spacial score (nSPS) is 18.1. The highest BCUT2D eigenvalue weighted by molar-refractivity contribution is 5.70. The zero-order valence-corrected chi connectivity index (χ0v) is 24.3. The first-order valence-corrected chi connectivity index (χ1v) is 14.8. The first-order chi connectivity index (χ1) is 20.0. The van der Waals surface area contributed by atoms with E-state index in [1.807, 2.05) is 0 Å². The van der Waals surface area contributed by atoms with Crippen molar-refractivity contribution in [3.63, 3.8) is 0 Å². The van der Waals surface area contributed by atoms with E-state index in [4.69, 9.17) is 9.47 Å². The maximum Gasteiger partial charge on any atom is 0.161 e. The van der Waals surface area contributed by atoms with E-state index in [1.54, 1.807) is 0 Å². The van der Waals surface area contributed by atoms with Crippen molar-refractivity contribution in [2.24, 2.45) is 0 Å². The summed E-state index contributed by atoms with van der Waals surface area (Å²) < 4.78 is 12.4. The van der Waals surface area contributed by atoms with E-state index >= 15 is 0 Å². The van der Waals surface area contributed by atoms with E-state index in [0.29, 0.717) is 19.4 Å². The van der Waals surface area contributed by atoms with Crippen molar-refractivity contribution in [2.75, 3.05) is 23.3 Å². The van der Waals surface area contributed by atoms with Crippen LogP contribution in [0.15, 0.2) is 84.9 Å². The molecule has 1 aliphatic carbocycles. The third kappa shape index (κ3) is 5.19. The molecule has 0 saturated carbocycles. The number of anilines is 2. The summed E-state index contributed by atoms with van der Waals surface area (Å²) in [5.41, 5.74) is 13.0. The summed E-state index contributed by atoms with van der Waals surface area (Å²) in [4.78, 5) is 4.64. The minimum atomic E-state index is 0.539. The van der Waals surface area contributed by atoms with Gasteiger partial charge in [0.15, 0.2) is 13.5 Å². The largest absolute Gasteiger partial charge is 0.473 e. The van der Waals surface area contributed by atoms with E-state index in [-0.39, 0.29) is 0 Å². The minimum Gasteiger partial charge on any atom is -0.473 e. The molecular formula is C37H38N2O2. The number of fused-ring (bicyclic) bond motifs is 2. The van der Waals surface area contributed by atoms with Crippen molar-refractivity contribution in [1.29, 1.82) is 0 Å². The molecule has 3 aliphatic rings. The molecule has 4 heteroatoms. The second-order valence-electron chi connectivity index (χ2n) is 12.0. The fourth-order valence-corrected chi connectivity index (χ4v) is 6.65. The number of aryl methyl sites for hydroxylation is 3. The van der Waals surface area contributed by atoms with Crippen LogP contribution in [0.4, 0.5) is 11.4 Å². The molecule has 208 valence electrons. The van der Waals surface area contributed by atoms with Crippen LogP contribution < -0.4 is 19.3 Å². The SMILES string of the molecule is Cc1cccc(N2COc3ccc(C4CC=C(c5cc(C)c6c(c5)CN(c5cccc(C)c5)CO6)CC4)cc3C2)c1. The summed E-state index contributed by atoms with van der Waals surface area (Å²) in [5, 5.41) is 0. The molecule has 0 spiro atoms. The lowest BCUT2D eigenvalue weighted by Crippen LogP contribution is -2.32. The molecule has 0 fully saturated rings. The Hall–Kier alpha value is -4.18. The summed E-state index contributed by atoms with van der Waals surface area (Å²) in [6.07, 6.45) is 5.80. The van der Waals surface area contributed by atoms with Gasteiger partial charge in [0.2, 0.25) is 0 Å². The van der Waals surface area contributed by atoms with E-state index < -0.39 is 0 Å². The Labute approximate surface area is 243 Å². The van der Waals surface area contributed by atoms with Gasteiger partial charge in [-0.15, -0.1) is 0 Å². The van der Waals surface area contributed by atoms with Gasteiger partial charge in [-0.2, -0.15) is 0 Å². The van der Waals surface area contributed by atoms with Crippen LogP contribution in [0.1, 0.15) is 64.1 Å². The predicted octanol–water partition coefficient (Wildman–Crippen LogP) is 8.68. The molecule has 0 bridgehead atoms. The second kappa shape index (κ2) is 10.7. The third-order valence-corrected chi connectivity index (χ3v) is 8.89. The maximum absolute atomic E-state index is 6.26. The van der Waals surface area contributed by atoms with Crippen molar-refractivity contribution in [2.45, 2.75) is 59.0 Å². The Kier molecular flexibility index (Phi) is 6.70. The van der Waals surface area contributed by atoms with Crippen LogP contribution in [0.5, 0.6) is 11.5 Å². The first kappa shape index (κ1) is 25.8. The van der Waals surface area contributed by atoms with Gasteiger partial charge in [-0.1, -0.05) is 42.5 Å². The van der Waals surface area contributed by atoms with Gasteiger partial charge in [0.25, 0.3) is 0 Å². The van der Waals surface area contributed by atoms with E-state index in [0.717, 1.165) is 43.9 Å². The van der Waals surface area contributed by atoms with Crippen LogP contribution in [0.3, 0.4) is 0 Å². The van der Waals surface area contributed by atoms with Crippen molar-refractivity contribution >= 4 is 16.9 Å². The average Bonchev–Trinajstić information content (AvgIpc) is 3.00. The molecule has 1 atom stereocenters. The minimum absolute atomic E-state index is 0.539. The molecule has 1 unspecified atom stereocenters. The van der Waals surface area contributed by atoms with Crippen molar-refractivity contribution in [3.05, 3.63) is 124 Å². The van der Waals surface area contributed by atoms with Crippen LogP contribution in [-0.4, -0.2) is 13.5 Å². The number of rotatable bonds is 4. The summed E-state index contributed by atoms with van der Waals surface area (Å²) in [6.45, 7) is 9.42. The smallest absolute Gasteiger partial charge is 0.161 e. The van der Waals surface area contributed by atoms with Crippen LogP contribution >= 0.6 is 0 Å². The van der Waals surface area contributed by atoms with Gasteiger partial charge in [0, 0.05) is 35.6 Å². The van der Waals surface area contributed by atoms with Gasteiger partial charge in [-0.05, 0) is 122 Å². The fraction of sp³-hybridized carbons (Fsp3) is 0.297. The molecule has 0 aromatic heterocycles. The molecule has 2 heterocycles. The molecule has 4 nitrogen and oxygen atoms in total. The van der Waals surface area contributed by atoms with Crippen LogP contribution in [0.2, 0.25) is 0 Å². The second-order valence-corrected chi connectivity index (χ2v) is 12.0. The molecule has 0 radical (unpaired) electrons. The highest BCUT2D eigenvalue weighted by Gasteiger charge is 2.24. The van der Waals surface area contributed by atoms with Gasteiger partial charge < -0.3 is 19.3 Å². The average molecular weight is 543 g/mol. The topological polar surface area (TPSA) is 24.9 Å². The Bertz CT molecular complexity index is 1640. The zero-order valence-electron chi connectivity index (χ0n) is 24.3.